The van der Waals surface area contributed by atoms with Crippen molar-refractivity contribution in [3.05, 3.63) is 29.0 Å². The van der Waals surface area contributed by atoms with E-state index in [0.717, 1.165) is 12.8 Å². The van der Waals surface area contributed by atoms with Crippen LogP contribution in [0.4, 0.5) is 4.39 Å². The molecular weight excluding hydrogens is 250 g/mol. The molecule has 0 N–H and O–H groups in total. The molecule has 1 atom stereocenters. The van der Waals surface area contributed by atoms with E-state index in [1.165, 1.54) is 6.07 Å². The Morgan fingerprint density at radius 2 is 2.12 bits per heavy atom. The van der Waals surface area contributed by atoms with E-state index >= 15 is 0 Å². The van der Waals surface area contributed by atoms with Crippen molar-refractivity contribution >= 4 is 23.2 Å². The molecule has 0 radical (unpaired) electrons. The number of ether oxygens (including phenoxy) is 1. The maximum Gasteiger partial charge on any atom is 0.183 e. The zero-order chi connectivity index (χ0) is 12.0. The Hall–Kier alpha value is -0.470. The Morgan fingerprint density at radius 1 is 1.38 bits per heavy atom. The molecule has 0 saturated carbocycles. The minimum absolute atomic E-state index is 0.0892. The van der Waals surface area contributed by atoms with Crippen LogP contribution in [0.1, 0.15) is 19.8 Å². The zero-order valence-corrected chi connectivity index (χ0v) is 10.7. The summed E-state index contributed by atoms with van der Waals surface area (Å²) in [7, 11) is 0. The summed E-state index contributed by atoms with van der Waals surface area (Å²) in [5.74, 6) is 0.853. The first kappa shape index (κ1) is 13.6. The SMILES string of the molecule is CC(CCCl)CCOc1cccc(Cl)c1F. The van der Waals surface area contributed by atoms with Gasteiger partial charge in [0.15, 0.2) is 11.6 Å². The van der Waals surface area contributed by atoms with Crippen molar-refractivity contribution in [2.45, 2.75) is 19.8 Å². The normalized spacial score (nSPS) is 12.5. The standard InChI is InChI=1S/C12H15Cl2FO/c1-9(5-7-13)6-8-16-11-4-2-3-10(14)12(11)15/h2-4,9H,5-8H2,1H3. The van der Waals surface area contributed by atoms with Crippen LogP contribution in [0.25, 0.3) is 0 Å². The first-order chi connectivity index (χ1) is 7.65. The lowest BCUT2D eigenvalue weighted by Crippen LogP contribution is -2.05. The number of alkyl halides is 1. The molecule has 0 bridgehead atoms. The van der Waals surface area contributed by atoms with Gasteiger partial charge in [-0.2, -0.15) is 0 Å². The van der Waals surface area contributed by atoms with E-state index < -0.39 is 5.82 Å². The summed E-state index contributed by atoms with van der Waals surface area (Å²) in [6.07, 6.45) is 1.81. The molecule has 90 valence electrons. The van der Waals surface area contributed by atoms with Gasteiger partial charge in [-0.15, -0.1) is 11.6 Å². The van der Waals surface area contributed by atoms with Crippen LogP contribution in [-0.2, 0) is 0 Å². The van der Waals surface area contributed by atoms with Crippen LogP contribution in [0.5, 0.6) is 5.75 Å². The van der Waals surface area contributed by atoms with Crippen molar-refractivity contribution in [1.82, 2.24) is 0 Å². The van der Waals surface area contributed by atoms with Gasteiger partial charge in [0.05, 0.1) is 11.6 Å². The molecule has 0 aromatic heterocycles. The van der Waals surface area contributed by atoms with E-state index in [9.17, 15) is 4.39 Å². The number of hydrogen-bond donors (Lipinski definition) is 0. The Labute approximate surface area is 106 Å². The molecular formula is C12H15Cl2FO. The zero-order valence-electron chi connectivity index (χ0n) is 9.18. The molecule has 1 aromatic rings. The van der Waals surface area contributed by atoms with Gasteiger partial charge in [0.2, 0.25) is 0 Å². The molecule has 1 nitrogen and oxygen atoms in total. The van der Waals surface area contributed by atoms with Crippen LogP contribution in [0.15, 0.2) is 18.2 Å². The topological polar surface area (TPSA) is 9.23 Å². The average molecular weight is 265 g/mol. The average Bonchev–Trinajstić information content (AvgIpc) is 2.25. The number of rotatable bonds is 6. The number of halogens is 3. The Kier molecular flexibility index (Phi) is 5.93. The van der Waals surface area contributed by atoms with Crippen molar-refractivity contribution < 1.29 is 9.13 Å². The van der Waals surface area contributed by atoms with Crippen LogP contribution in [-0.4, -0.2) is 12.5 Å². The second-order valence-corrected chi connectivity index (χ2v) is 4.56. The third kappa shape index (κ3) is 4.18. The minimum Gasteiger partial charge on any atom is -0.490 e. The van der Waals surface area contributed by atoms with Crippen LogP contribution in [0.3, 0.4) is 0 Å². The summed E-state index contributed by atoms with van der Waals surface area (Å²) in [5.41, 5.74) is 0. The first-order valence-electron chi connectivity index (χ1n) is 5.28. The van der Waals surface area contributed by atoms with Gasteiger partial charge in [0.25, 0.3) is 0 Å². The van der Waals surface area contributed by atoms with E-state index in [0.29, 0.717) is 18.4 Å². The summed E-state index contributed by atoms with van der Waals surface area (Å²) in [6, 6.07) is 4.75. The third-order valence-corrected chi connectivity index (χ3v) is 2.90. The van der Waals surface area contributed by atoms with Crippen molar-refractivity contribution in [1.29, 1.82) is 0 Å². The first-order valence-corrected chi connectivity index (χ1v) is 6.19. The van der Waals surface area contributed by atoms with Crippen molar-refractivity contribution in [3.63, 3.8) is 0 Å². The summed E-state index contributed by atoms with van der Waals surface area (Å²) in [6.45, 7) is 2.58. The maximum absolute atomic E-state index is 13.4. The lowest BCUT2D eigenvalue weighted by atomic mass is 10.1. The highest BCUT2D eigenvalue weighted by molar-refractivity contribution is 6.30. The molecule has 0 spiro atoms. The summed E-state index contributed by atoms with van der Waals surface area (Å²) >= 11 is 11.3. The van der Waals surface area contributed by atoms with Gasteiger partial charge in [-0.25, -0.2) is 4.39 Å². The fourth-order valence-corrected chi connectivity index (χ4v) is 1.83. The van der Waals surface area contributed by atoms with E-state index in [4.69, 9.17) is 27.9 Å². The Balaban J connectivity index is 2.40. The molecule has 1 aromatic carbocycles. The summed E-state index contributed by atoms with van der Waals surface area (Å²) < 4.78 is 18.7. The number of benzene rings is 1. The highest BCUT2D eigenvalue weighted by Crippen LogP contribution is 2.24. The molecule has 4 heteroatoms. The van der Waals surface area contributed by atoms with Gasteiger partial charge in [-0.3, -0.25) is 0 Å². The molecule has 0 heterocycles. The van der Waals surface area contributed by atoms with Crippen molar-refractivity contribution in [2.24, 2.45) is 5.92 Å². The lowest BCUT2D eigenvalue weighted by Gasteiger charge is -2.11. The molecule has 0 saturated heterocycles. The monoisotopic (exact) mass is 264 g/mol. The maximum atomic E-state index is 13.4. The van der Waals surface area contributed by atoms with Crippen LogP contribution in [0.2, 0.25) is 5.02 Å². The lowest BCUT2D eigenvalue weighted by molar-refractivity contribution is 0.270. The summed E-state index contributed by atoms with van der Waals surface area (Å²) in [5, 5.41) is 0.0892. The quantitative estimate of drug-likeness (QED) is 0.687. The van der Waals surface area contributed by atoms with Crippen LogP contribution >= 0.6 is 23.2 Å². The molecule has 0 aliphatic heterocycles. The summed E-state index contributed by atoms with van der Waals surface area (Å²) in [4.78, 5) is 0. The van der Waals surface area contributed by atoms with E-state index in [1.54, 1.807) is 12.1 Å². The molecule has 1 unspecified atom stereocenters. The van der Waals surface area contributed by atoms with Gasteiger partial charge in [-0.1, -0.05) is 24.6 Å². The molecule has 0 amide bonds. The van der Waals surface area contributed by atoms with Crippen molar-refractivity contribution in [2.75, 3.05) is 12.5 Å². The predicted molar refractivity (Wildman–Crippen MR) is 66.0 cm³/mol. The van der Waals surface area contributed by atoms with Gasteiger partial charge >= 0.3 is 0 Å². The van der Waals surface area contributed by atoms with Crippen LogP contribution in [0, 0.1) is 11.7 Å². The Bertz CT molecular complexity index is 331. The highest BCUT2D eigenvalue weighted by Gasteiger charge is 2.08. The van der Waals surface area contributed by atoms with E-state index in [2.05, 4.69) is 6.92 Å². The van der Waals surface area contributed by atoms with E-state index in [-0.39, 0.29) is 10.8 Å². The number of hydrogen-bond acceptors (Lipinski definition) is 1. The second-order valence-electron chi connectivity index (χ2n) is 3.77. The molecule has 0 fully saturated rings. The fraction of sp³-hybridized carbons (Fsp3) is 0.500. The van der Waals surface area contributed by atoms with Gasteiger partial charge in [0, 0.05) is 5.88 Å². The smallest absolute Gasteiger partial charge is 0.183 e. The fourth-order valence-electron chi connectivity index (χ4n) is 1.30. The van der Waals surface area contributed by atoms with Crippen molar-refractivity contribution in [3.8, 4) is 5.75 Å². The predicted octanol–water partition coefficient (Wildman–Crippen LogP) is 4.51. The van der Waals surface area contributed by atoms with Crippen LogP contribution < -0.4 is 4.74 Å². The largest absolute Gasteiger partial charge is 0.490 e. The minimum atomic E-state index is -0.492. The third-order valence-electron chi connectivity index (χ3n) is 2.39. The van der Waals surface area contributed by atoms with Gasteiger partial charge in [-0.05, 0) is 30.9 Å². The van der Waals surface area contributed by atoms with Gasteiger partial charge < -0.3 is 4.74 Å². The molecule has 0 aliphatic rings. The second kappa shape index (κ2) is 6.97. The molecule has 16 heavy (non-hydrogen) atoms. The highest BCUT2D eigenvalue weighted by atomic mass is 35.5. The van der Waals surface area contributed by atoms with E-state index in [1.807, 2.05) is 0 Å². The molecule has 0 aliphatic carbocycles. The Morgan fingerprint density at radius 3 is 2.81 bits per heavy atom. The molecule has 1 rings (SSSR count). The van der Waals surface area contributed by atoms with Gasteiger partial charge in [0.1, 0.15) is 0 Å².